The van der Waals surface area contributed by atoms with Crippen LogP contribution in [0.25, 0.3) is 0 Å². The van der Waals surface area contributed by atoms with Gasteiger partial charge in [-0.2, -0.15) is 10.2 Å². The maximum absolute atomic E-state index is 13.8. The van der Waals surface area contributed by atoms with E-state index < -0.39 is 23.2 Å². The number of nitrogens with one attached hydrogen (secondary N) is 1. The van der Waals surface area contributed by atoms with Crippen molar-refractivity contribution in [2.75, 3.05) is 32.1 Å². The Balaban J connectivity index is 0.000000299. The summed E-state index contributed by atoms with van der Waals surface area (Å²) in [6.07, 6.45) is 8.68. The molecule has 0 spiro atoms. The summed E-state index contributed by atoms with van der Waals surface area (Å²) in [5, 5.41) is 11.0. The summed E-state index contributed by atoms with van der Waals surface area (Å²) in [6, 6.07) is 2.45. The zero-order valence-corrected chi connectivity index (χ0v) is 29.4. The number of piperazine rings is 1. The van der Waals surface area contributed by atoms with Gasteiger partial charge in [-0.3, -0.25) is 19.3 Å². The van der Waals surface area contributed by atoms with E-state index in [2.05, 4.69) is 40.2 Å². The van der Waals surface area contributed by atoms with Crippen LogP contribution >= 0.6 is 0 Å². The van der Waals surface area contributed by atoms with Crippen LogP contribution in [0.2, 0.25) is 0 Å². The quantitative estimate of drug-likeness (QED) is 0.277. The van der Waals surface area contributed by atoms with Crippen LogP contribution in [0.1, 0.15) is 45.3 Å². The van der Waals surface area contributed by atoms with E-state index in [9.17, 15) is 23.2 Å². The normalized spacial score (nSPS) is 20.0. The van der Waals surface area contributed by atoms with E-state index in [4.69, 9.17) is 4.74 Å². The van der Waals surface area contributed by atoms with Crippen molar-refractivity contribution in [3.05, 3.63) is 66.5 Å². The molecule has 0 aliphatic carbocycles. The van der Waals surface area contributed by atoms with Gasteiger partial charge in [-0.25, -0.2) is 38.1 Å². The molecule has 2 amide bonds. The average Bonchev–Trinajstić information content (AvgIpc) is 3.81. The van der Waals surface area contributed by atoms with Crippen molar-refractivity contribution >= 4 is 23.6 Å². The minimum Gasteiger partial charge on any atom is -0.469 e. The van der Waals surface area contributed by atoms with Gasteiger partial charge in [-0.1, -0.05) is 0 Å². The third kappa shape index (κ3) is 8.22. The molecule has 1 fully saturated rings. The molecule has 1 N–H and O–H groups in total. The van der Waals surface area contributed by atoms with Gasteiger partial charge in [-0.05, 0) is 45.7 Å². The summed E-state index contributed by atoms with van der Waals surface area (Å²) in [4.78, 5) is 58.1. The van der Waals surface area contributed by atoms with Crippen LogP contribution in [0.5, 0.6) is 11.6 Å². The summed E-state index contributed by atoms with van der Waals surface area (Å²) in [5.41, 5.74) is -0.471. The molecule has 3 atom stereocenters. The van der Waals surface area contributed by atoms with Gasteiger partial charge >= 0.3 is 5.97 Å². The molecule has 6 heterocycles. The molecule has 16 nitrogen and oxygen atoms in total. The van der Waals surface area contributed by atoms with Gasteiger partial charge in [0.25, 0.3) is 0 Å². The van der Waals surface area contributed by atoms with Gasteiger partial charge in [0.15, 0.2) is 17.4 Å². The monoisotopic (exact) mass is 721 g/mol. The SMILES string of the molecule is COC(=O)C1CCc2ncnn2C1.C[C@@H](C(=O)Nc1cnc(Oc2ccc(F)cc2F)cn1)N1CCN(C(=O)[C@@H]2CCc3ncnn3C2)C(C)(C)C1. The van der Waals surface area contributed by atoms with Gasteiger partial charge in [0, 0.05) is 38.5 Å². The van der Waals surface area contributed by atoms with Crippen LogP contribution in [-0.2, 0) is 45.1 Å². The molecule has 3 aliphatic heterocycles. The Bertz CT molecular complexity index is 1900. The van der Waals surface area contributed by atoms with Gasteiger partial charge in [-0.15, -0.1) is 0 Å². The standard InChI is InChI=1S/C26H30F2N8O3.C8H11N3O2/c1-16(24(37)33-21-11-30-23(12-29-21)39-20-6-5-18(27)10-19(20)28)34-8-9-35(26(2,3)14-34)25(38)17-4-7-22-31-15-32-36(22)13-17;1-13-8(12)6-2-3-7-9-5-10-11(7)4-6/h5-6,10-12,15-17H,4,7-9,13-14H2,1-3H3,(H,29,33,37);5-6H,2-4H2,1H3/t16-,17+;/m0./s1. The molecular formula is C34H41F2N11O5. The van der Waals surface area contributed by atoms with E-state index in [0.29, 0.717) is 38.8 Å². The first-order chi connectivity index (χ1) is 24.9. The number of halogens is 2. The maximum atomic E-state index is 13.8. The summed E-state index contributed by atoms with van der Waals surface area (Å²) >= 11 is 0. The van der Waals surface area contributed by atoms with E-state index in [-0.39, 0.29) is 47.1 Å². The first-order valence-corrected chi connectivity index (χ1v) is 17.0. The highest BCUT2D eigenvalue weighted by Gasteiger charge is 2.42. The number of methoxy groups -OCH3 is 1. The van der Waals surface area contributed by atoms with E-state index in [0.717, 1.165) is 49.5 Å². The fourth-order valence-corrected chi connectivity index (χ4v) is 6.69. The van der Waals surface area contributed by atoms with Crippen LogP contribution in [0, 0.1) is 23.5 Å². The molecule has 0 saturated carbocycles. The Labute approximate surface area is 298 Å². The molecular weight excluding hydrogens is 680 g/mol. The molecule has 52 heavy (non-hydrogen) atoms. The number of nitrogens with zero attached hydrogens (tertiary/aromatic N) is 10. The molecule has 0 bridgehead atoms. The topological polar surface area (TPSA) is 175 Å². The molecule has 3 aliphatic rings. The molecule has 276 valence electrons. The number of amides is 2. The third-order valence-corrected chi connectivity index (χ3v) is 9.61. The van der Waals surface area contributed by atoms with E-state index in [1.807, 2.05) is 28.3 Å². The third-order valence-electron chi connectivity index (χ3n) is 9.61. The largest absolute Gasteiger partial charge is 0.469 e. The predicted molar refractivity (Wildman–Crippen MR) is 180 cm³/mol. The van der Waals surface area contributed by atoms with Crippen LogP contribution in [-0.4, -0.2) is 105 Å². The lowest BCUT2D eigenvalue weighted by molar-refractivity contribution is -0.148. The van der Waals surface area contributed by atoms with Crippen LogP contribution in [0.15, 0.2) is 43.2 Å². The Morgan fingerprint density at radius 2 is 1.60 bits per heavy atom. The van der Waals surface area contributed by atoms with Crippen LogP contribution in [0.4, 0.5) is 14.6 Å². The first kappa shape index (κ1) is 36.4. The number of anilines is 1. The van der Waals surface area contributed by atoms with Crippen molar-refractivity contribution in [2.24, 2.45) is 11.8 Å². The van der Waals surface area contributed by atoms with Crippen LogP contribution < -0.4 is 10.1 Å². The lowest BCUT2D eigenvalue weighted by atomic mass is 9.92. The molecule has 7 rings (SSSR count). The summed E-state index contributed by atoms with van der Waals surface area (Å²) in [6.45, 7) is 8.55. The smallest absolute Gasteiger partial charge is 0.310 e. The number of ether oxygens (including phenoxy) is 2. The zero-order chi connectivity index (χ0) is 37.0. The van der Waals surface area contributed by atoms with Crippen molar-refractivity contribution < 1.29 is 32.6 Å². The highest BCUT2D eigenvalue weighted by atomic mass is 19.1. The number of carbonyl (C=O) groups is 3. The molecule has 4 aromatic rings. The number of benzene rings is 1. The van der Waals surface area contributed by atoms with Gasteiger partial charge in [0.2, 0.25) is 17.7 Å². The van der Waals surface area contributed by atoms with Crippen molar-refractivity contribution in [2.45, 2.75) is 71.1 Å². The molecule has 0 radical (unpaired) electrons. The second-order valence-electron chi connectivity index (χ2n) is 13.6. The Morgan fingerprint density at radius 3 is 2.21 bits per heavy atom. The first-order valence-electron chi connectivity index (χ1n) is 17.0. The molecule has 18 heteroatoms. The number of hydrogen-bond donors (Lipinski definition) is 1. The average molecular weight is 722 g/mol. The maximum Gasteiger partial charge on any atom is 0.310 e. The van der Waals surface area contributed by atoms with Crippen molar-refractivity contribution in [1.82, 2.24) is 49.3 Å². The number of aryl methyl sites for hydroxylation is 2. The molecule has 1 aromatic carbocycles. The second-order valence-corrected chi connectivity index (χ2v) is 13.6. The minimum absolute atomic E-state index is 0.00731. The van der Waals surface area contributed by atoms with Crippen LogP contribution in [0.3, 0.4) is 0 Å². The number of carbonyl (C=O) groups excluding carboxylic acids is 3. The molecule has 3 aromatic heterocycles. The zero-order valence-electron chi connectivity index (χ0n) is 29.4. The number of esters is 1. The van der Waals surface area contributed by atoms with E-state index >= 15 is 0 Å². The Morgan fingerprint density at radius 1 is 0.923 bits per heavy atom. The lowest BCUT2D eigenvalue weighted by Gasteiger charge is -2.49. The van der Waals surface area contributed by atoms with Crippen molar-refractivity contribution in [1.29, 1.82) is 0 Å². The van der Waals surface area contributed by atoms with Crippen molar-refractivity contribution in [3.63, 3.8) is 0 Å². The summed E-state index contributed by atoms with van der Waals surface area (Å²) in [5.74, 6) is -0.222. The molecule has 1 unspecified atom stereocenters. The van der Waals surface area contributed by atoms with E-state index in [1.54, 1.807) is 11.6 Å². The van der Waals surface area contributed by atoms with Crippen molar-refractivity contribution in [3.8, 4) is 11.6 Å². The summed E-state index contributed by atoms with van der Waals surface area (Å²) in [7, 11) is 1.42. The predicted octanol–water partition coefficient (Wildman–Crippen LogP) is 2.66. The Hall–Kier alpha value is -5.39. The van der Waals surface area contributed by atoms with E-state index in [1.165, 1.54) is 32.2 Å². The van der Waals surface area contributed by atoms with Gasteiger partial charge in [0.05, 0.1) is 56.0 Å². The highest BCUT2D eigenvalue weighted by Crippen LogP contribution is 2.29. The molecule has 1 saturated heterocycles. The number of fused-ring (bicyclic) bond motifs is 2. The minimum atomic E-state index is -0.865. The van der Waals surface area contributed by atoms with Gasteiger partial charge in [0.1, 0.15) is 30.1 Å². The lowest BCUT2D eigenvalue weighted by Crippen LogP contribution is -2.64. The number of rotatable bonds is 7. The number of aromatic nitrogens is 8. The Kier molecular flexibility index (Phi) is 10.8. The fraction of sp³-hybridized carbons (Fsp3) is 0.500. The second kappa shape index (κ2) is 15.5. The highest BCUT2D eigenvalue weighted by molar-refractivity contribution is 5.93. The number of hydrogen-bond acceptors (Lipinski definition) is 12. The van der Waals surface area contributed by atoms with Gasteiger partial charge < -0.3 is 19.7 Å². The fourth-order valence-electron chi connectivity index (χ4n) is 6.69. The summed E-state index contributed by atoms with van der Waals surface area (Å²) < 4.78 is 40.4.